The lowest BCUT2D eigenvalue weighted by molar-refractivity contribution is 0.0689. The SMILES string of the molecule is Nc1cc(O)c(C(=O)O)c(S(=O)(=O)O)c1. The Hall–Kier alpha value is -1.80. The Morgan fingerprint density at radius 1 is 1.33 bits per heavy atom. The van der Waals surface area contributed by atoms with Crippen molar-refractivity contribution in [2.75, 3.05) is 5.73 Å². The number of aromatic carboxylic acids is 1. The molecule has 15 heavy (non-hydrogen) atoms. The molecule has 0 saturated heterocycles. The normalized spacial score (nSPS) is 11.3. The minimum atomic E-state index is -4.74. The van der Waals surface area contributed by atoms with Gasteiger partial charge in [0.25, 0.3) is 10.1 Å². The second kappa shape index (κ2) is 3.41. The summed E-state index contributed by atoms with van der Waals surface area (Å²) in [6.45, 7) is 0. The highest BCUT2D eigenvalue weighted by molar-refractivity contribution is 7.86. The molecule has 82 valence electrons. The molecule has 8 heteroatoms. The highest BCUT2D eigenvalue weighted by Crippen LogP contribution is 2.28. The van der Waals surface area contributed by atoms with Gasteiger partial charge >= 0.3 is 5.97 Å². The van der Waals surface area contributed by atoms with Gasteiger partial charge in [0.05, 0.1) is 0 Å². The lowest BCUT2D eigenvalue weighted by atomic mass is 10.2. The van der Waals surface area contributed by atoms with Gasteiger partial charge in [0, 0.05) is 11.8 Å². The average molecular weight is 233 g/mol. The second-order valence-electron chi connectivity index (χ2n) is 2.69. The van der Waals surface area contributed by atoms with Gasteiger partial charge in [0.2, 0.25) is 0 Å². The number of carbonyl (C=O) groups is 1. The molecule has 1 aromatic rings. The monoisotopic (exact) mass is 233 g/mol. The quantitative estimate of drug-likeness (QED) is 0.414. The minimum absolute atomic E-state index is 0.176. The van der Waals surface area contributed by atoms with Crippen molar-refractivity contribution in [2.24, 2.45) is 0 Å². The Balaban J connectivity index is 3.70. The molecule has 0 saturated carbocycles. The van der Waals surface area contributed by atoms with E-state index in [1.807, 2.05) is 0 Å². The third-order valence-corrected chi connectivity index (χ3v) is 2.47. The van der Waals surface area contributed by atoms with Crippen LogP contribution in [0.2, 0.25) is 0 Å². The number of rotatable bonds is 2. The molecule has 0 aliphatic rings. The maximum atomic E-state index is 10.8. The lowest BCUT2D eigenvalue weighted by Crippen LogP contribution is -2.09. The highest BCUT2D eigenvalue weighted by atomic mass is 32.2. The summed E-state index contributed by atoms with van der Waals surface area (Å²) in [5.74, 6) is -2.50. The minimum Gasteiger partial charge on any atom is -0.507 e. The summed E-state index contributed by atoms with van der Waals surface area (Å²) in [6, 6.07) is 1.62. The van der Waals surface area contributed by atoms with Crippen LogP contribution >= 0.6 is 0 Å². The summed E-state index contributed by atoms with van der Waals surface area (Å²) in [5, 5.41) is 17.8. The van der Waals surface area contributed by atoms with Gasteiger partial charge in [-0.25, -0.2) is 4.79 Å². The van der Waals surface area contributed by atoms with Crippen LogP contribution in [0.3, 0.4) is 0 Å². The van der Waals surface area contributed by atoms with E-state index in [-0.39, 0.29) is 5.69 Å². The van der Waals surface area contributed by atoms with Crippen LogP contribution < -0.4 is 5.73 Å². The zero-order chi connectivity index (χ0) is 11.8. The molecular weight excluding hydrogens is 226 g/mol. The third kappa shape index (κ3) is 2.17. The Kier molecular flexibility index (Phi) is 2.56. The fourth-order valence-electron chi connectivity index (χ4n) is 1.04. The summed E-state index contributed by atoms with van der Waals surface area (Å²) < 4.78 is 30.3. The van der Waals surface area contributed by atoms with E-state index >= 15 is 0 Å². The van der Waals surface area contributed by atoms with Gasteiger partial charge in [0.15, 0.2) is 0 Å². The summed E-state index contributed by atoms with van der Waals surface area (Å²) in [5.41, 5.74) is 4.11. The van der Waals surface area contributed by atoms with Crippen molar-refractivity contribution in [2.45, 2.75) is 4.90 Å². The standard InChI is InChI=1S/C7H7NO6S/c8-3-1-4(9)6(7(10)11)5(2-3)15(12,13)14/h1-2,9H,8H2,(H,10,11)(H,12,13,14). The number of benzene rings is 1. The highest BCUT2D eigenvalue weighted by Gasteiger charge is 2.24. The van der Waals surface area contributed by atoms with Crippen LogP contribution in [0, 0.1) is 0 Å². The largest absolute Gasteiger partial charge is 0.507 e. The molecular formula is C7H7NO6S. The van der Waals surface area contributed by atoms with E-state index in [9.17, 15) is 13.2 Å². The number of carboxylic acids is 1. The molecule has 0 aliphatic carbocycles. The number of phenols is 1. The third-order valence-electron chi connectivity index (χ3n) is 1.60. The number of hydrogen-bond acceptors (Lipinski definition) is 5. The van der Waals surface area contributed by atoms with E-state index in [1.165, 1.54) is 0 Å². The molecule has 0 aromatic heterocycles. The van der Waals surface area contributed by atoms with Gasteiger partial charge in [-0.3, -0.25) is 4.55 Å². The number of anilines is 1. The Labute approximate surface area is 84.5 Å². The smallest absolute Gasteiger partial charge is 0.340 e. The summed E-state index contributed by atoms with van der Waals surface area (Å²) in [4.78, 5) is 9.69. The van der Waals surface area contributed by atoms with Crippen molar-refractivity contribution in [3.8, 4) is 5.75 Å². The number of hydrogen-bond donors (Lipinski definition) is 4. The molecule has 1 aromatic carbocycles. The Bertz CT molecular complexity index is 521. The maximum Gasteiger partial charge on any atom is 0.340 e. The molecule has 0 unspecified atom stereocenters. The predicted molar refractivity (Wildman–Crippen MR) is 49.3 cm³/mol. The molecule has 0 bridgehead atoms. The molecule has 0 fully saturated rings. The van der Waals surface area contributed by atoms with Crippen molar-refractivity contribution in [3.63, 3.8) is 0 Å². The van der Waals surface area contributed by atoms with E-state index in [0.29, 0.717) is 0 Å². The van der Waals surface area contributed by atoms with Gasteiger partial charge in [-0.2, -0.15) is 8.42 Å². The molecule has 7 nitrogen and oxygen atoms in total. The van der Waals surface area contributed by atoms with Crippen LogP contribution in [-0.2, 0) is 10.1 Å². The average Bonchev–Trinajstić information content (AvgIpc) is 1.99. The zero-order valence-electron chi connectivity index (χ0n) is 7.21. The Morgan fingerprint density at radius 2 is 1.87 bits per heavy atom. The molecule has 1 rings (SSSR count). The van der Waals surface area contributed by atoms with E-state index in [0.717, 1.165) is 12.1 Å². The van der Waals surface area contributed by atoms with Gasteiger partial charge in [-0.15, -0.1) is 0 Å². The second-order valence-corrected chi connectivity index (χ2v) is 4.08. The van der Waals surface area contributed by atoms with Crippen LogP contribution in [-0.4, -0.2) is 29.2 Å². The molecule has 0 aliphatic heterocycles. The first-order valence-corrected chi connectivity index (χ1v) is 5.00. The van der Waals surface area contributed by atoms with Crippen LogP contribution in [0.15, 0.2) is 17.0 Å². The van der Waals surface area contributed by atoms with Crippen molar-refractivity contribution >= 4 is 21.8 Å². The van der Waals surface area contributed by atoms with Crippen molar-refractivity contribution < 1.29 is 28.0 Å². The van der Waals surface area contributed by atoms with Crippen molar-refractivity contribution in [1.29, 1.82) is 0 Å². The molecule has 0 amide bonds. The van der Waals surface area contributed by atoms with Crippen LogP contribution in [0.1, 0.15) is 10.4 Å². The van der Waals surface area contributed by atoms with Gasteiger partial charge in [-0.1, -0.05) is 0 Å². The fraction of sp³-hybridized carbons (Fsp3) is 0. The first kappa shape index (κ1) is 11.3. The predicted octanol–water partition coefficient (Wildman–Crippen LogP) is -0.0807. The molecule has 0 radical (unpaired) electrons. The van der Waals surface area contributed by atoms with Crippen LogP contribution in [0.25, 0.3) is 0 Å². The number of nitrogens with two attached hydrogens (primary N) is 1. The zero-order valence-corrected chi connectivity index (χ0v) is 8.02. The summed E-state index contributed by atoms with van der Waals surface area (Å²) in [7, 11) is -4.74. The fourth-order valence-corrected chi connectivity index (χ4v) is 1.77. The lowest BCUT2D eigenvalue weighted by Gasteiger charge is -2.06. The van der Waals surface area contributed by atoms with Gasteiger partial charge < -0.3 is 15.9 Å². The first-order valence-electron chi connectivity index (χ1n) is 3.56. The van der Waals surface area contributed by atoms with E-state index in [4.69, 9.17) is 20.5 Å². The molecule has 0 spiro atoms. The van der Waals surface area contributed by atoms with Gasteiger partial charge in [-0.05, 0) is 6.07 Å². The molecule has 0 atom stereocenters. The molecule has 0 heterocycles. The van der Waals surface area contributed by atoms with Crippen LogP contribution in [0.4, 0.5) is 5.69 Å². The van der Waals surface area contributed by atoms with Crippen molar-refractivity contribution in [1.82, 2.24) is 0 Å². The van der Waals surface area contributed by atoms with Crippen LogP contribution in [0.5, 0.6) is 5.75 Å². The summed E-state index contributed by atoms with van der Waals surface area (Å²) >= 11 is 0. The Morgan fingerprint density at radius 3 is 2.27 bits per heavy atom. The van der Waals surface area contributed by atoms with E-state index in [1.54, 1.807) is 0 Å². The number of nitrogen functional groups attached to an aromatic ring is 1. The van der Waals surface area contributed by atoms with Crippen molar-refractivity contribution in [3.05, 3.63) is 17.7 Å². The topological polar surface area (TPSA) is 138 Å². The number of carboxylic acid groups (broad SMARTS) is 1. The molecule has 5 N–H and O–H groups in total. The summed E-state index contributed by atoms with van der Waals surface area (Å²) in [6.07, 6.45) is 0. The number of aromatic hydroxyl groups is 1. The van der Waals surface area contributed by atoms with Gasteiger partial charge in [0.1, 0.15) is 16.2 Å². The van der Waals surface area contributed by atoms with E-state index in [2.05, 4.69) is 0 Å². The maximum absolute atomic E-state index is 10.8. The van der Waals surface area contributed by atoms with E-state index < -0.39 is 32.3 Å². The first-order chi connectivity index (χ1) is 6.73.